The van der Waals surface area contributed by atoms with Crippen molar-refractivity contribution in [3.05, 3.63) is 71.8 Å². The fourth-order valence-electron chi connectivity index (χ4n) is 2.76. The second-order valence-corrected chi connectivity index (χ2v) is 8.35. The van der Waals surface area contributed by atoms with Crippen LogP contribution < -0.4 is 5.32 Å². The third-order valence-electron chi connectivity index (χ3n) is 4.12. The SMILES string of the molecule is C=CCN(CC(=O)Nc1ccc(C)cc1C)S(=O)(=O)c1ccccc1C(F)(F)F. The van der Waals surface area contributed by atoms with Crippen molar-refractivity contribution in [1.82, 2.24) is 4.31 Å². The summed E-state index contributed by atoms with van der Waals surface area (Å²) in [6.07, 6.45) is -3.65. The first kappa shape index (κ1) is 22.6. The predicted molar refractivity (Wildman–Crippen MR) is 105 cm³/mol. The number of rotatable bonds is 7. The van der Waals surface area contributed by atoms with Gasteiger partial charge in [0, 0.05) is 12.2 Å². The molecule has 9 heteroatoms. The first-order chi connectivity index (χ1) is 13.5. The summed E-state index contributed by atoms with van der Waals surface area (Å²) in [4.78, 5) is 11.5. The van der Waals surface area contributed by atoms with Gasteiger partial charge < -0.3 is 5.32 Å². The zero-order valence-corrected chi connectivity index (χ0v) is 16.8. The number of carbonyl (C=O) groups excluding carboxylic acids is 1. The Kier molecular flexibility index (Phi) is 6.86. The van der Waals surface area contributed by atoms with Crippen LogP contribution in [0.3, 0.4) is 0 Å². The van der Waals surface area contributed by atoms with E-state index in [1.807, 2.05) is 13.0 Å². The molecule has 0 unspecified atom stereocenters. The Morgan fingerprint density at radius 1 is 1.17 bits per heavy atom. The van der Waals surface area contributed by atoms with Crippen LogP contribution in [0.4, 0.5) is 18.9 Å². The van der Waals surface area contributed by atoms with Gasteiger partial charge in [-0.15, -0.1) is 6.58 Å². The summed E-state index contributed by atoms with van der Waals surface area (Å²) in [5, 5.41) is 2.59. The van der Waals surface area contributed by atoms with E-state index in [0.717, 1.165) is 23.3 Å². The Morgan fingerprint density at radius 3 is 2.41 bits per heavy atom. The zero-order chi connectivity index (χ0) is 21.8. The molecule has 2 aromatic rings. The Bertz CT molecular complexity index is 1020. The van der Waals surface area contributed by atoms with Crippen molar-refractivity contribution in [3.8, 4) is 0 Å². The van der Waals surface area contributed by atoms with E-state index in [-0.39, 0.29) is 6.54 Å². The number of sulfonamides is 1. The molecule has 29 heavy (non-hydrogen) atoms. The number of aryl methyl sites for hydroxylation is 2. The van der Waals surface area contributed by atoms with Crippen LogP contribution >= 0.6 is 0 Å². The van der Waals surface area contributed by atoms with Crippen LogP contribution in [0, 0.1) is 13.8 Å². The Balaban J connectivity index is 2.33. The molecule has 0 atom stereocenters. The quantitative estimate of drug-likeness (QED) is 0.677. The van der Waals surface area contributed by atoms with Crippen molar-refractivity contribution in [1.29, 1.82) is 0 Å². The second kappa shape index (κ2) is 8.79. The highest BCUT2D eigenvalue weighted by atomic mass is 32.2. The third-order valence-corrected chi connectivity index (χ3v) is 5.99. The lowest BCUT2D eigenvalue weighted by Crippen LogP contribution is -2.39. The highest BCUT2D eigenvalue weighted by molar-refractivity contribution is 7.89. The van der Waals surface area contributed by atoms with Gasteiger partial charge in [-0.1, -0.05) is 35.9 Å². The summed E-state index contributed by atoms with van der Waals surface area (Å²) in [5.41, 5.74) is 0.968. The maximum Gasteiger partial charge on any atom is 0.417 e. The third kappa shape index (κ3) is 5.45. The molecule has 0 saturated carbocycles. The van der Waals surface area contributed by atoms with Crippen LogP contribution in [-0.2, 0) is 21.0 Å². The van der Waals surface area contributed by atoms with Crippen LogP contribution in [-0.4, -0.2) is 31.7 Å². The van der Waals surface area contributed by atoms with E-state index in [1.165, 1.54) is 12.1 Å². The van der Waals surface area contributed by atoms with Gasteiger partial charge in [0.2, 0.25) is 15.9 Å². The maximum absolute atomic E-state index is 13.3. The molecule has 0 radical (unpaired) electrons. The fraction of sp³-hybridized carbons (Fsp3) is 0.250. The predicted octanol–water partition coefficient (Wildman–Crippen LogP) is 4.14. The second-order valence-electron chi connectivity index (χ2n) is 6.45. The van der Waals surface area contributed by atoms with Crippen LogP contribution in [0.25, 0.3) is 0 Å². The minimum atomic E-state index is -4.86. The highest BCUT2D eigenvalue weighted by Crippen LogP contribution is 2.35. The number of amides is 1. The van der Waals surface area contributed by atoms with Gasteiger partial charge in [-0.2, -0.15) is 17.5 Å². The molecule has 2 rings (SSSR count). The molecule has 0 aliphatic heterocycles. The lowest BCUT2D eigenvalue weighted by atomic mass is 10.1. The van der Waals surface area contributed by atoms with E-state index in [4.69, 9.17) is 0 Å². The minimum Gasteiger partial charge on any atom is -0.325 e. The van der Waals surface area contributed by atoms with Gasteiger partial charge in [0.15, 0.2) is 0 Å². The van der Waals surface area contributed by atoms with E-state index in [0.29, 0.717) is 16.1 Å². The molecule has 0 aromatic heterocycles. The largest absolute Gasteiger partial charge is 0.417 e. The number of hydrogen-bond donors (Lipinski definition) is 1. The standard InChI is InChI=1S/C20H21F3N2O3S/c1-4-11-25(13-19(26)24-17-10-9-14(2)12-15(17)3)29(27,28)18-8-6-5-7-16(18)20(21,22)23/h4-10,12H,1,11,13H2,2-3H3,(H,24,26). The summed E-state index contributed by atoms with van der Waals surface area (Å²) in [6.45, 7) is 6.11. The number of hydrogen-bond acceptors (Lipinski definition) is 3. The van der Waals surface area contributed by atoms with Gasteiger partial charge in [-0.05, 0) is 37.6 Å². The van der Waals surface area contributed by atoms with Crippen molar-refractivity contribution >= 4 is 21.6 Å². The van der Waals surface area contributed by atoms with Crippen LogP contribution in [0.2, 0.25) is 0 Å². The monoisotopic (exact) mass is 426 g/mol. The normalized spacial score (nSPS) is 12.1. The summed E-state index contributed by atoms with van der Waals surface area (Å²) >= 11 is 0. The van der Waals surface area contributed by atoms with Gasteiger partial charge in [0.25, 0.3) is 0 Å². The van der Waals surface area contributed by atoms with E-state index < -0.39 is 39.1 Å². The van der Waals surface area contributed by atoms with E-state index in [1.54, 1.807) is 19.1 Å². The number of anilines is 1. The van der Waals surface area contributed by atoms with Crippen LogP contribution in [0.5, 0.6) is 0 Å². The summed E-state index contributed by atoms with van der Waals surface area (Å²) in [7, 11) is -4.60. The van der Waals surface area contributed by atoms with Gasteiger partial charge in [0.05, 0.1) is 17.0 Å². The summed E-state index contributed by atoms with van der Waals surface area (Å²) < 4.78 is 66.2. The van der Waals surface area contributed by atoms with Crippen molar-refractivity contribution in [2.75, 3.05) is 18.4 Å². The summed E-state index contributed by atoms with van der Waals surface area (Å²) in [6, 6.07) is 9.16. The topological polar surface area (TPSA) is 66.5 Å². The minimum absolute atomic E-state index is 0.325. The Labute approximate surface area is 167 Å². The van der Waals surface area contributed by atoms with E-state index >= 15 is 0 Å². The number of halogens is 3. The van der Waals surface area contributed by atoms with Crippen molar-refractivity contribution in [3.63, 3.8) is 0 Å². The molecule has 1 N–H and O–H groups in total. The van der Waals surface area contributed by atoms with Crippen molar-refractivity contribution in [2.45, 2.75) is 24.9 Å². The van der Waals surface area contributed by atoms with Gasteiger partial charge in [-0.25, -0.2) is 8.42 Å². The van der Waals surface area contributed by atoms with E-state index in [9.17, 15) is 26.4 Å². The molecule has 1 amide bonds. The molecule has 156 valence electrons. The molecular formula is C20H21F3N2O3S. The first-order valence-corrected chi connectivity index (χ1v) is 10.0. The molecule has 0 fully saturated rings. The Morgan fingerprint density at radius 2 is 1.83 bits per heavy atom. The fourth-order valence-corrected chi connectivity index (χ4v) is 4.34. The smallest absolute Gasteiger partial charge is 0.325 e. The molecule has 5 nitrogen and oxygen atoms in total. The van der Waals surface area contributed by atoms with E-state index in [2.05, 4.69) is 11.9 Å². The molecule has 0 aliphatic rings. The van der Waals surface area contributed by atoms with Gasteiger partial charge in [-0.3, -0.25) is 4.79 Å². The molecule has 0 aliphatic carbocycles. The number of benzene rings is 2. The van der Waals surface area contributed by atoms with Crippen LogP contribution in [0.1, 0.15) is 16.7 Å². The lowest BCUT2D eigenvalue weighted by molar-refractivity contribution is -0.139. The number of carbonyl (C=O) groups is 1. The maximum atomic E-state index is 13.3. The first-order valence-electron chi connectivity index (χ1n) is 8.61. The van der Waals surface area contributed by atoms with Gasteiger partial charge in [0.1, 0.15) is 0 Å². The molecular weight excluding hydrogens is 405 g/mol. The van der Waals surface area contributed by atoms with Crippen molar-refractivity contribution < 1.29 is 26.4 Å². The average molecular weight is 426 g/mol. The highest BCUT2D eigenvalue weighted by Gasteiger charge is 2.39. The molecule has 2 aromatic carbocycles. The lowest BCUT2D eigenvalue weighted by Gasteiger charge is -2.22. The average Bonchev–Trinajstić information content (AvgIpc) is 2.63. The van der Waals surface area contributed by atoms with Crippen LogP contribution in [0.15, 0.2) is 60.0 Å². The molecule has 0 saturated heterocycles. The molecule has 0 heterocycles. The Hall–Kier alpha value is -2.65. The molecule has 0 bridgehead atoms. The number of nitrogens with zero attached hydrogens (tertiary/aromatic N) is 1. The van der Waals surface area contributed by atoms with Gasteiger partial charge >= 0.3 is 6.18 Å². The number of nitrogens with one attached hydrogen (secondary N) is 1. The molecule has 0 spiro atoms. The summed E-state index contributed by atoms with van der Waals surface area (Å²) in [5.74, 6) is -0.674. The van der Waals surface area contributed by atoms with Crippen molar-refractivity contribution in [2.24, 2.45) is 0 Å². The zero-order valence-electron chi connectivity index (χ0n) is 16.0. The number of alkyl halides is 3.